The van der Waals surface area contributed by atoms with E-state index in [1.165, 1.54) is 6.42 Å². The van der Waals surface area contributed by atoms with Gasteiger partial charge in [-0.15, -0.1) is 0 Å². The lowest BCUT2D eigenvalue weighted by Crippen LogP contribution is -2.42. The smallest absolute Gasteiger partial charge is 0.118 e. The Morgan fingerprint density at radius 3 is 2.75 bits per heavy atom. The summed E-state index contributed by atoms with van der Waals surface area (Å²) >= 11 is 0. The average molecular weight is 223 g/mol. The Balaban J connectivity index is 1.93. The van der Waals surface area contributed by atoms with Crippen molar-refractivity contribution in [2.24, 2.45) is 0 Å². The Hall–Kier alpha value is -0.800. The van der Waals surface area contributed by atoms with Gasteiger partial charge < -0.3 is 9.52 Å². The van der Waals surface area contributed by atoms with Crippen molar-refractivity contribution in [2.75, 3.05) is 7.05 Å². The largest absolute Gasteiger partial charge is 0.465 e. The van der Waals surface area contributed by atoms with Crippen LogP contribution in [0.3, 0.4) is 0 Å². The molecule has 0 saturated heterocycles. The van der Waals surface area contributed by atoms with E-state index in [0.717, 1.165) is 37.3 Å². The van der Waals surface area contributed by atoms with E-state index in [2.05, 4.69) is 11.9 Å². The van der Waals surface area contributed by atoms with E-state index >= 15 is 0 Å². The second-order valence-electron chi connectivity index (χ2n) is 4.85. The van der Waals surface area contributed by atoms with Crippen molar-refractivity contribution in [3.8, 4) is 0 Å². The molecule has 0 aromatic carbocycles. The Kier molecular flexibility index (Phi) is 3.66. The summed E-state index contributed by atoms with van der Waals surface area (Å²) in [6, 6.07) is 4.29. The van der Waals surface area contributed by atoms with Crippen molar-refractivity contribution in [2.45, 2.75) is 51.3 Å². The maximum atomic E-state index is 9.95. The monoisotopic (exact) mass is 223 g/mol. The summed E-state index contributed by atoms with van der Waals surface area (Å²) in [4.78, 5) is 2.21. The molecule has 1 saturated carbocycles. The zero-order chi connectivity index (χ0) is 11.5. The minimum Gasteiger partial charge on any atom is -0.465 e. The van der Waals surface area contributed by atoms with Crippen molar-refractivity contribution in [1.29, 1.82) is 0 Å². The van der Waals surface area contributed by atoms with Crippen LogP contribution >= 0.6 is 0 Å². The Morgan fingerprint density at radius 1 is 1.38 bits per heavy atom. The number of aliphatic hydroxyl groups excluding tert-OH is 1. The molecule has 0 unspecified atom stereocenters. The molecule has 0 bridgehead atoms. The van der Waals surface area contributed by atoms with Gasteiger partial charge in [0.1, 0.15) is 11.5 Å². The lowest BCUT2D eigenvalue weighted by Gasteiger charge is -2.34. The number of hydrogen-bond acceptors (Lipinski definition) is 3. The van der Waals surface area contributed by atoms with Gasteiger partial charge in [-0.25, -0.2) is 0 Å². The number of hydrogen-bond donors (Lipinski definition) is 1. The molecule has 0 radical (unpaired) electrons. The molecule has 1 aliphatic rings. The number of furan rings is 1. The molecular weight excluding hydrogens is 202 g/mol. The van der Waals surface area contributed by atoms with Crippen molar-refractivity contribution >= 4 is 0 Å². The van der Waals surface area contributed by atoms with Gasteiger partial charge in [0.05, 0.1) is 12.6 Å². The molecule has 1 fully saturated rings. The highest BCUT2D eigenvalue weighted by Crippen LogP contribution is 2.23. The van der Waals surface area contributed by atoms with Gasteiger partial charge in [0.15, 0.2) is 0 Å². The molecule has 1 aromatic rings. The number of likely N-dealkylation sites (N-methyl/N-ethyl adjacent to an activating group) is 1. The Labute approximate surface area is 97.1 Å². The lowest BCUT2D eigenvalue weighted by molar-refractivity contribution is 0.0262. The van der Waals surface area contributed by atoms with Crippen LogP contribution in [0.25, 0.3) is 0 Å². The van der Waals surface area contributed by atoms with Crippen molar-refractivity contribution < 1.29 is 9.52 Å². The minimum absolute atomic E-state index is 0.171. The summed E-state index contributed by atoms with van der Waals surface area (Å²) in [5.41, 5.74) is 0. The number of aliphatic hydroxyl groups is 1. The minimum atomic E-state index is -0.171. The summed E-state index contributed by atoms with van der Waals surface area (Å²) < 4.78 is 5.56. The first-order chi connectivity index (χ1) is 7.66. The molecule has 90 valence electrons. The second-order valence-corrected chi connectivity index (χ2v) is 4.85. The van der Waals surface area contributed by atoms with E-state index in [4.69, 9.17) is 4.42 Å². The summed E-state index contributed by atoms with van der Waals surface area (Å²) in [5.74, 6) is 1.94. The summed E-state index contributed by atoms with van der Waals surface area (Å²) in [7, 11) is 2.07. The van der Waals surface area contributed by atoms with Gasteiger partial charge in [0.25, 0.3) is 0 Å². The summed E-state index contributed by atoms with van der Waals surface area (Å²) in [6.45, 7) is 2.74. The van der Waals surface area contributed by atoms with Crippen LogP contribution in [0, 0.1) is 6.92 Å². The first-order valence-corrected chi connectivity index (χ1v) is 6.10. The van der Waals surface area contributed by atoms with Gasteiger partial charge >= 0.3 is 0 Å². The first-order valence-electron chi connectivity index (χ1n) is 6.10. The maximum absolute atomic E-state index is 9.95. The lowest BCUT2D eigenvalue weighted by atomic mass is 9.91. The zero-order valence-corrected chi connectivity index (χ0v) is 10.1. The van der Waals surface area contributed by atoms with E-state index in [1.54, 1.807) is 0 Å². The van der Waals surface area contributed by atoms with Crippen LogP contribution in [0.15, 0.2) is 16.5 Å². The molecule has 1 N–H and O–H groups in total. The Bertz CT molecular complexity index is 334. The van der Waals surface area contributed by atoms with Gasteiger partial charge in [0.2, 0.25) is 0 Å². The number of nitrogens with zero attached hydrogens (tertiary/aromatic N) is 1. The third kappa shape index (κ3) is 2.66. The van der Waals surface area contributed by atoms with Crippen molar-refractivity contribution in [1.82, 2.24) is 4.90 Å². The van der Waals surface area contributed by atoms with Crippen LogP contribution in [0.1, 0.15) is 37.2 Å². The third-order valence-corrected chi connectivity index (χ3v) is 3.46. The fraction of sp³-hybridized carbons (Fsp3) is 0.692. The van der Waals surface area contributed by atoms with Gasteiger partial charge in [-0.2, -0.15) is 0 Å². The maximum Gasteiger partial charge on any atom is 0.118 e. The average Bonchev–Trinajstić information content (AvgIpc) is 2.64. The van der Waals surface area contributed by atoms with Gasteiger partial charge in [-0.1, -0.05) is 12.8 Å². The summed E-state index contributed by atoms with van der Waals surface area (Å²) in [6.07, 6.45) is 4.24. The molecule has 2 rings (SSSR count). The van der Waals surface area contributed by atoms with Crippen LogP contribution in [0.2, 0.25) is 0 Å². The SMILES string of the molecule is Cc1ccc(CN(C)[C@H]2CCCC[C@@H]2O)o1. The van der Waals surface area contributed by atoms with Crippen LogP contribution in [-0.2, 0) is 6.54 Å². The molecule has 1 heterocycles. The molecule has 3 heteroatoms. The predicted molar refractivity (Wildman–Crippen MR) is 63.2 cm³/mol. The van der Waals surface area contributed by atoms with Crippen LogP contribution in [0.5, 0.6) is 0 Å². The molecule has 0 spiro atoms. The molecular formula is C13H21NO2. The second kappa shape index (κ2) is 5.02. The van der Waals surface area contributed by atoms with Crippen molar-refractivity contribution in [3.63, 3.8) is 0 Å². The topological polar surface area (TPSA) is 36.6 Å². The van der Waals surface area contributed by atoms with Crippen molar-refractivity contribution in [3.05, 3.63) is 23.7 Å². The van der Waals surface area contributed by atoms with E-state index in [9.17, 15) is 5.11 Å². The van der Waals surface area contributed by atoms with Crippen LogP contribution in [-0.4, -0.2) is 29.2 Å². The zero-order valence-electron chi connectivity index (χ0n) is 10.1. The van der Waals surface area contributed by atoms with Crippen LogP contribution in [0.4, 0.5) is 0 Å². The highest BCUT2D eigenvalue weighted by molar-refractivity contribution is 5.05. The van der Waals surface area contributed by atoms with E-state index in [0.29, 0.717) is 6.04 Å². The van der Waals surface area contributed by atoms with E-state index < -0.39 is 0 Å². The van der Waals surface area contributed by atoms with Gasteiger partial charge in [-0.05, 0) is 38.9 Å². The molecule has 1 aromatic heterocycles. The molecule has 0 aliphatic heterocycles. The van der Waals surface area contributed by atoms with E-state index in [-0.39, 0.29) is 6.10 Å². The van der Waals surface area contributed by atoms with E-state index in [1.807, 2.05) is 19.1 Å². The number of aryl methyl sites for hydroxylation is 1. The normalized spacial score (nSPS) is 26.2. The molecule has 16 heavy (non-hydrogen) atoms. The van der Waals surface area contributed by atoms with Gasteiger partial charge in [0, 0.05) is 6.04 Å². The van der Waals surface area contributed by atoms with Gasteiger partial charge in [-0.3, -0.25) is 4.90 Å². The summed E-state index contributed by atoms with van der Waals surface area (Å²) in [5, 5.41) is 9.95. The van der Waals surface area contributed by atoms with Crippen LogP contribution < -0.4 is 0 Å². The molecule has 0 amide bonds. The highest BCUT2D eigenvalue weighted by atomic mass is 16.3. The third-order valence-electron chi connectivity index (χ3n) is 3.46. The first kappa shape index (κ1) is 11.7. The standard InChI is InChI=1S/C13H21NO2/c1-10-7-8-11(16-10)9-14(2)12-5-3-4-6-13(12)15/h7-8,12-13,15H,3-6,9H2,1-2H3/t12-,13-/m0/s1. The molecule has 1 aliphatic carbocycles. The fourth-order valence-electron chi connectivity index (χ4n) is 2.54. The fourth-order valence-corrected chi connectivity index (χ4v) is 2.54. The molecule has 2 atom stereocenters. The highest BCUT2D eigenvalue weighted by Gasteiger charge is 2.26. The Morgan fingerprint density at radius 2 is 2.12 bits per heavy atom. The quantitative estimate of drug-likeness (QED) is 0.854. The predicted octanol–water partition coefficient (Wildman–Crippen LogP) is 2.32. The molecule has 3 nitrogen and oxygen atoms in total. The number of rotatable bonds is 3.